The van der Waals surface area contributed by atoms with Gasteiger partial charge in [0.2, 0.25) is 5.91 Å². The van der Waals surface area contributed by atoms with Crippen LogP contribution in [0.4, 0.5) is 0 Å². The van der Waals surface area contributed by atoms with Gasteiger partial charge < -0.3 is 10.4 Å². The Morgan fingerprint density at radius 1 is 1.28 bits per heavy atom. The van der Waals surface area contributed by atoms with E-state index in [1.165, 1.54) is 0 Å². The average Bonchev–Trinajstić information content (AvgIpc) is 2.30. The molecule has 0 aliphatic heterocycles. The van der Waals surface area contributed by atoms with Crippen molar-refractivity contribution < 1.29 is 14.7 Å². The SMILES string of the molecule is Cc1cccc(C)c1CC(=O)NCC(C)C(=O)O. The molecule has 1 amide bonds. The van der Waals surface area contributed by atoms with Crippen LogP contribution >= 0.6 is 0 Å². The number of benzene rings is 1. The van der Waals surface area contributed by atoms with Gasteiger partial charge in [0.25, 0.3) is 0 Å². The largest absolute Gasteiger partial charge is 0.481 e. The minimum absolute atomic E-state index is 0.138. The third-order valence-electron chi connectivity index (χ3n) is 3.01. The van der Waals surface area contributed by atoms with Crippen LogP contribution in [0.25, 0.3) is 0 Å². The number of carboxylic acids is 1. The molecule has 0 bridgehead atoms. The minimum Gasteiger partial charge on any atom is -0.481 e. The van der Waals surface area contributed by atoms with Crippen molar-refractivity contribution in [1.29, 1.82) is 0 Å². The molecule has 0 aromatic heterocycles. The zero-order chi connectivity index (χ0) is 13.7. The van der Waals surface area contributed by atoms with E-state index >= 15 is 0 Å². The molecular formula is C14H19NO3. The van der Waals surface area contributed by atoms with Crippen molar-refractivity contribution in [3.8, 4) is 0 Å². The Balaban J connectivity index is 2.58. The van der Waals surface area contributed by atoms with Crippen molar-refractivity contribution in [3.63, 3.8) is 0 Å². The van der Waals surface area contributed by atoms with Crippen molar-refractivity contribution in [3.05, 3.63) is 34.9 Å². The van der Waals surface area contributed by atoms with Crippen molar-refractivity contribution in [2.75, 3.05) is 6.54 Å². The summed E-state index contributed by atoms with van der Waals surface area (Å²) < 4.78 is 0. The van der Waals surface area contributed by atoms with Crippen LogP contribution in [0.2, 0.25) is 0 Å². The van der Waals surface area contributed by atoms with E-state index < -0.39 is 11.9 Å². The Morgan fingerprint density at radius 3 is 2.33 bits per heavy atom. The highest BCUT2D eigenvalue weighted by molar-refractivity contribution is 5.80. The van der Waals surface area contributed by atoms with Gasteiger partial charge in [-0.1, -0.05) is 25.1 Å². The van der Waals surface area contributed by atoms with E-state index in [9.17, 15) is 9.59 Å². The number of carboxylic acid groups (broad SMARTS) is 1. The first-order valence-electron chi connectivity index (χ1n) is 5.96. The minimum atomic E-state index is -0.901. The van der Waals surface area contributed by atoms with Crippen LogP contribution in [0.1, 0.15) is 23.6 Å². The maximum atomic E-state index is 11.7. The van der Waals surface area contributed by atoms with Gasteiger partial charge in [-0.3, -0.25) is 9.59 Å². The monoisotopic (exact) mass is 249 g/mol. The second-order valence-electron chi connectivity index (χ2n) is 4.59. The summed E-state index contributed by atoms with van der Waals surface area (Å²) in [7, 11) is 0. The van der Waals surface area contributed by atoms with Crippen LogP contribution in [-0.4, -0.2) is 23.5 Å². The number of hydrogen-bond acceptors (Lipinski definition) is 2. The van der Waals surface area contributed by atoms with Gasteiger partial charge in [-0.05, 0) is 30.5 Å². The molecule has 1 aromatic carbocycles. The Morgan fingerprint density at radius 2 is 1.83 bits per heavy atom. The fourth-order valence-corrected chi connectivity index (χ4v) is 1.71. The molecule has 1 rings (SSSR count). The number of carbonyl (C=O) groups is 2. The van der Waals surface area contributed by atoms with Crippen LogP contribution in [0.5, 0.6) is 0 Å². The summed E-state index contributed by atoms with van der Waals surface area (Å²) >= 11 is 0. The number of nitrogens with one attached hydrogen (secondary N) is 1. The van der Waals surface area contributed by atoms with E-state index in [1.807, 2.05) is 32.0 Å². The Bertz CT molecular complexity index is 434. The van der Waals surface area contributed by atoms with Crippen LogP contribution in [0, 0.1) is 19.8 Å². The molecule has 2 N–H and O–H groups in total. The molecule has 0 aliphatic rings. The summed E-state index contributed by atoms with van der Waals surface area (Å²) in [4.78, 5) is 22.4. The lowest BCUT2D eigenvalue weighted by Crippen LogP contribution is -2.32. The molecule has 98 valence electrons. The van der Waals surface area contributed by atoms with Crippen molar-refractivity contribution >= 4 is 11.9 Å². The summed E-state index contributed by atoms with van der Waals surface area (Å²) in [6.07, 6.45) is 0.296. The van der Waals surface area contributed by atoms with Gasteiger partial charge in [-0.15, -0.1) is 0 Å². The van der Waals surface area contributed by atoms with E-state index in [0.29, 0.717) is 6.42 Å². The summed E-state index contributed by atoms with van der Waals surface area (Å²) in [6.45, 7) is 5.67. The fraction of sp³-hybridized carbons (Fsp3) is 0.429. The smallest absolute Gasteiger partial charge is 0.308 e. The summed E-state index contributed by atoms with van der Waals surface area (Å²) in [5.74, 6) is -1.60. The molecule has 1 unspecified atom stereocenters. The number of aliphatic carboxylic acids is 1. The molecule has 18 heavy (non-hydrogen) atoms. The fourth-order valence-electron chi connectivity index (χ4n) is 1.71. The molecule has 0 heterocycles. The number of aryl methyl sites for hydroxylation is 2. The van der Waals surface area contributed by atoms with Gasteiger partial charge in [0.15, 0.2) is 0 Å². The van der Waals surface area contributed by atoms with Crippen molar-refractivity contribution in [2.24, 2.45) is 5.92 Å². The predicted octanol–water partition coefficient (Wildman–Crippen LogP) is 1.68. The van der Waals surface area contributed by atoms with E-state index in [0.717, 1.165) is 16.7 Å². The average molecular weight is 249 g/mol. The van der Waals surface area contributed by atoms with Crippen LogP contribution in [0.15, 0.2) is 18.2 Å². The zero-order valence-electron chi connectivity index (χ0n) is 11.0. The number of hydrogen-bond donors (Lipinski definition) is 2. The standard InChI is InChI=1S/C14H19NO3/c1-9-5-4-6-10(2)12(9)7-13(16)15-8-11(3)14(17)18/h4-6,11H,7-8H2,1-3H3,(H,15,16)(H,17,18). The van der Waals surface area contributed by atoms with E-state index in [4.69, 9.17) is 5.11 Å². The van der Waals surface area contributed by atoms with Gasteiger partial charge in [0.05, 0.1) is 12.3 Å². The van der Waals surface area contributed by atoms with Crippen molar-refractivity contribution in [1.82, 2.24) is 5.32 Å². The van der Waals surface area contributed by atoms with E-state index in [-0.39, 0.29) is 12.5 Å². The first-order chi connectivity index (χ1) is 8.41. The molecule has 0 saturated carbocycles. The molecule has 0 spiro atoms. The lowest BCUT2D eigenvalue weighted by molar-refractivity contribution is -0.141. The third kappa shape index (κ3) is 3.87. The first-order valence-corrected chi connectivity index (χ1v) is 5.96. The lowest BCUT2D eigenvalue weighted by Gasteiger charge is -2.11. The molecule has 0 radical (unpaired) electrons. The molecule has 4 heteroatoms. The van der Waals surface area contributed by atoms with Gasteiger partial charge >= 0.3 is 5.97 Å². The summed E-state index contributed by atoms with van der Waals surface area (Å²) in [5.41, 5.74) is 3.17. The number of amides is 1. The highest BCUT2D eigenvalue weighted by atomic mass is 16.4. The summed E-state index contributed by atoms with van der Waals surface area (Å²) in [5, 5.41) is 11.4. The van der Waals surface area contributed by atoms with Gasteiger partial charge in [-0.2, -0.15) is 0 Å². The molecule has 0 saturated heterocycles. The molecular weight excluding hydrogens is 230 g/mol. The van der Waals surface area contributed by atoms with Gasteiger partial charge in [0, 0.05) is 6.54 Å². The van der Waals surface area contributed by atoms with Gasteiger partial charge in [-0.25, -0.2) is 0 Å². The first kappa shape index (κ1) is 14.2. The molecule has 0 fully saturated rings. The topological polar surface area (TPSA) is 66.4 Å². The van der Waals surface area contributed by atoms with E-state index in [1.54, 1.807) is 6.92 Å². The zero-order valence-corrected chi connectivity index (χ0v) is 11.0. The van der Waals surface area contributed by atoms with Crippen LogP contribution < -0.4 is 5.32 Å². The highest BCUT2D eigenvalue weighted by Crippen LogP contribution is 2.13. The Kier molecular flexibility index (Phi) is 4.89. The summed E-state index contributed by atoms with van der Waals surface area (Å²) in [6, 6.07) is 5.89. The maximum absolute atomic E-state index is 11.7. The van der Waals surface area contributed by atoms with Crippen LogP contribution in [0.3, 0.4) is 0 Å². The van der Waals surface area contributed by atoms with Gasteiger partial charge in [0.1, 0.15) is 0 Å². The highest BCUT2D eigenvalue weighted by Gasteiger charge is 2.13. The van der Waals surface area contributed by atoms with Crippen molar-refractivity contribution in [2.45, 2.75) is 27.2 Å². The number of carbonyl (C=O) groups excluding carboxylic acids is 1. The van der Waals surface area contributed by atoms with Crippen LogP contribution in [-0.2, 0) is 16.0 Å². The van der Waals surface area contributed by atoms with E-state index in [2.05, 4.69) is 5.32 Å². The Labute approximate surface area is 107 Å². The molecule has 0 aliphatic carbocycles. The molecule has 4 nitrogen and oxygen atoms in total. The second-order valence-corrected chi connectivity index (χ2v) is 4.59. The molecule has 1 atom stereocenters. The molecule has 1 aromatic rings. The second kappa shape index (κ2) is 6.19. The third-order valence-corrected chi connectivity index (χ3v) is 3.01. The Hall–Kier alpha value is -1.84. The normalized spacial score (nSPS) is 11.9. The predicted molar refractivity (Wildman–Crippen MR) is 69.4 cm³/mol. The maximum Gasteiger partial charge on any atom is 0.308 e. The number of rotatable bonds is 5. The quantitative estimate of drug-likeness (QED) is 0.834. The lowest BCUT2D eigenvalue weighted by atomic mass is 10.00.